The molecule has 0 aliphatic heterocycles. The van der Waals surface area contributed by atoms with E-state index in [2.05, 4.69) is 12.2 Å². The molecule has 0 radical (unpaired) electrons. The van der Waals surface area contributed by atoms with Gasteiger partial charge in [-0.15, -0.1) is 0 Å². The lowest BCUT2D eigenvalue weighted by Gasteiger charge is -2.17. The van der Waals surface area contributed by atoms with Gasteiger partial charge in [0.05, 0.1) is 10.2 Å². The van der Waals surface area contributed by atoms with Crippen molar-refractivity contribution in [1.82, 2.24) is 0 Å². The summed E-state index contributed by atoms with van der Waals surface area (Å²) in [5.74, 6) is -1.58. The second-order valence-electron chi connectivity index (χ2n) is 2.34. The number of halogens is 4. The smallest absolute Gasteiger partial charge is 0.217 e. The first-order valence-corrected chi connectivity index (χ1v) is 4.23. The number of alkyl halides is 2. The highest BCUT2D eigenvalue weighted by Gasteiger charge is 2.29. The SMILES string of the molecule is FC1=CC(F)(Cl)C=CC1C(=S)Cl. The Kier molecular flexibility index (Phi) is 2.86. The van der Waals surface area contributed by atoms with Gasteiger partial charge in [-0.1, -0.05) is 41.5 Å². The zero-order valence-corrected chi connectivity index (χ0v) is 8.06. The van der Waals surface area contributed by atoms with E-state index in [0.717, 1.165) is 6.08 Å². The average Bonchev–Trinajstić information content (AvgIpc) is 1.83. The molecule has 5 heteroatoms. The monoisotopic (exact) mass is 228 g/mol. The van der Waals surface area contributed by atoms with Crippen molar-refractivity contribution in [3.05, 3.63) is 24.1 Å². The third-order valence-electron chi connectivity index (χ3n) is 1.38. The molecular formula is C7H4Cl2F2S. The van der Waals surface area contributed by atoms with E-state index in [-0.39, 0.29) is 4.32 Å². The standard InChI is InChI=1S/C7H4Cl2F2S/c8-6(12)4-1-2-7(9,11)3-5(4)10/h1-4H. The highest BCUT2D eigenvalue weighted by atomic mass is 35.5. The van der Waals surface area contributed by atoms with E-state index in [9.17, 15) is 8.78 Å². The summed E-state index contributed by atoms with van der Waals surface area (Å²) in [7, 11) is 0. The highest BCUT2D eigenvalue weighted by molar-refractivity contribution is 7.83. The number of allylic oxidation sites excluding steroid dienone is 4. The lowest BCUT2D eigenvalue weighted by Crippen LogP contribution is -2.17. The first-order chi connectivity index (χ1) is 5.42. The van der Waals surface area contributed by atoms with Crippen molar-refractivity contribution < 1.29 is 8.78 Å². The van der Waals surface area contributed by atoms with E-state index in [1.807, 2.05) is 0 Å². The van der Waals surface area contributed by atoms with Crippen LogP contribution in [0.3, 0.4) is 0 Å². The Bertz CT molecular complexity index is 271. The molecule has 0 bridgehead atoms. The topological polar surface area (TPSA) is 0 Å². The second-order valence-corrected chi connectivity index (χ2v) is 4.00. The van der Waals surface area contributed by atoms with Gasteiger partial charge >= 0.3 is 0 Å². The summed E-state index contributed by atoms with van der Waals surface area (Å²) in [6, 6.07) is 0. The molecule has 0 spiro atoms. The molecule has 0 aromatic heterocycles. The van der Waals surface area contributed by atoms with E-state index in [4.69, 9.17) is 23.2 Å². The van der Waals surface area contributed by atoms with Crippen molar-refractivity contribution >= 4 is 39.7 Å². The predicted molar refractivity (Wildman–Crippen MR) is 50.0 cm³/mol. The molecule has 1 aliphatic carbocycles. The van der Waals surface area contributed by atoms with Crippen molar-refractivity contribution in [1.29, 1.82) is 0 Å². The van der Waals surface area contributed by atoms with Crippen LogP contribution < -0.4 is 0 Å². The minimum absolute atomic E-state index is 0.0628. The third-order valence-corrected chi connectivity index (χ3v) is 2.11. The Balaban J connectivity index is 2.91. The quantitative estimate of drug-likeness (QED) is 0.287. The van der Waals surface area contributed by atoms with Gasteiger partial charge < -0.3 is 0 Å². The molecule has 1 aliphatic rings. The van der Waals surface area contributed by atoms with E-state index in [1.54, 1.807) is 0 Å². The maximum Gasteiger partial charge on any atom is 0.223 e. The van der Waals surface area contributed by atoms with Crippen LogP contribution in [-0.2, 0) is 0 Å². The van der Waals surface area contributed by atoms with Gasteiger partial charge in [-0.05, 0) is 6.08 Å². The van der Waals surface area contributed by atoms with E-state index < -0.39 is 16.9 Å². The van der Waals surface area contributed by atoms with Crippen LogP contribution in [0.2, 0.25) is 0 Å². The Hall–Kier alpha value is 0.01000. The lowest BCUT2D eigenvalue weighted by molar-refractivity contribution is 0.396. The van der Waals surface area contributed by atoms with Crippen LogP contribution in [0, 0.1) is 5.92 Å². The van der Waals surface area contributed by atoms with Crippen molar-refractivity contribution in [3.63, 3.8) is 0 Å². The van der Waals surface area contributed by atoms with Gasteiger partial charge in [0.2, 0.25) is 5.13 Å². The summed E-state index contributed by atoms with van der Waals surface area (Å²) in [5, 5.41) is -2.25. The molecular weight excluding hydrogens is 225 g/mol. The molecule has 0 aromatic carbocycles. The van der Waals surface area contributed by atoms with Gasteiger partial charge in [0.25, 0.3) is 0 Å². The summed E-state index contributed by atoms with van der Waals surface area (Å²) in [6.45, 7) is 0. The summed E-state index contributed by atoms with van der Waals surface area (Å²) >= 11 is 15.1. The summed E-state index contributed by atoms with van der Waals surface area (Å²) in [6.07, 6.45) is 2.86. The Morgan fingerprint density at radius 1 is 1.67 bits per heavy atom. The number of hydrogen-bond donors (Lipinski definition) is 0. The van der Waals surface area contributed by atoms with Gasteiger partial charge in [-0.3, -0.25) is 0 Å². The second kappa shape index (κ2) is 3.40. The average molecular weight is 229 g/mol. The maximum absolute atomic E-state index is 12.9. The number of rotatable bonds is 1. The van der Waals surface area contributed by atoms with Crippen LogP contribution in [0.4, 0.5) is 8.78 Å². The normalized spacial score (nSPS) is 34.7. The predicted octanol–water partition coefficient (Wildman–Crippen LogP) is 3.50. The fraction of sp³-hybridized carbons (Fsp3) is 0.286. The number of thiocarbonyl (C=S) groups is 1. The minimum atomic E-state index is -2.25. The van der Waals surface area contributed by atoms with Crippen molar-refractivity contribution in [2.75, 3.05) is 0 Å². The van der Waals surface area contributed by atoms with Crippen LogP contribution >= 0.6 is 35.4 Å². The molecule has 0 nitrogen and oxygen atoms in total. The van der Waals surface area contributed by atoms with Crippen molar-refractivity contribution in [2.24, 2.45) is 5.92 Å². The minimum Gasteiger partial charge on any atom is -0.217 e. The van der Waals surface area contributed by atoms with Crippen LogP contribution in [0.25, 0.3) is 0 Å². The molecule has 0 aromatic rings. The van der Waals surface area contributed by atoms with Gasteiger partial charge in [0.15, 0.2) is 0 Å². The molecule has 0 saturated carbocycles. The molecule has 0 amide bonds. The van der Waals surface area contributed by atoms with E-state index in [0.29, 0.717) is 6.08 Å². The van der Waals surface area contributed by atoms with Crippen LogP contribution in [0.15, 0.2) is 24.1 Å². The zero-order valence-electron chi connectivity index (χ0n) is 5.73. The third kappa shape index (κ3) is 2.25. The summed E-state index contributed by atoms with van der Waals surface area (Å²) in [4.78, 5) is 0. The molecule has 66 valence electrons. The molecule has 2 unspecified atom stereocenters. The van der Waals surface area contributed by atoms with Gasteiger partial charge in [0, 0.05) is 6.08 Å². The highest BCUT2D eigenvalue weighted by Crippen LogP contribution is 2.33. The largest absolute Gasteiger partial charge is 0.223 e. The van der Waals surface area contributed by atoms with Crippen LogP contribution in [-0.4, -0.2) is 9.45 Å². The van der Waals surface area contributed by atoms with Gasteiger partial charge in [0.1, 0.15) is 5.83 Å². The summed E-state index contributed by atoms with van der Waals surface area (Å²) in [5.41, 5.74) is 0. The van der Waals surface area contributed by atoms with Crippen LogP contribution in [0.1, 0.15) is 0 Å². The van der Waals surface area contributed by atoms with E-state index >= 15 is 0 Å². The lowest BCUT2D eigenvalue weighted by atomic mass is 10.0. The fourth-order valence-electron chi connectivity index (χ4n) is 0.822. The molecule has 0 fully saturated rings. The van der Waals surface area contributed by atoms with Gasteiger partial charge in [-0.25, -0.2) is 8.78 Å². The summed E-state index contributed by atoms with van der Waals surface area (Å²) < 4.78 is 25.7. The van der Waals surface area contributed by atoms with Crippen molar-refractivity contribution in [2.45, 2.75) is 5.13 Å². The van der Waals surface area contributed by atoms with E-state index in [1.165, 1.54) is 6.08 Å². The van der Waals surface area contributed by atoms with Crippen LogP contribution in [0.5, 0.6) is 0 Å². The molecule has 0 N–H and O–H groups in total. The fourth-order valence-corrected chi connectivity index (χ4v) is 1.37. The Morgan fingerprint density at radius 3 is 2.67 bits per heavy atom. The Morgan fingerprint density at radius 2 is 2.25 bits per heavy atom. The molecule has 12 heavy (non-hydrogen) atoms. The molecule has 0 heterocycles. The molecule has 0 saturated heterocycles. The number of hydrogen-bond acceptors (Lipinski definition) is 1. The first kappa shape index (κ1) is 10.1. The van der Waals surface area contributed by atoms with Crippen molar-refractivity contribution in [3.8, 4) is 0 Å². The zero-order chi connectivity index (χ0) is 9.35. The Labute approximate surface area is 83.8 Å². The molecule has 2 atom stereocenters. The van der Waals surface area contributed by atoms with Gasteiger partial charge in [-0.2, -0.15) is 0 Å². The first-order valence-electron chi connectivity index (χ1n) is 3.07. The maximum atomic E-state index is 12.9. The molecule has 1 rings (SSSR count).